The zero-order valence-corrected chi connectivity index (χ0v) is 18.4. The summed E-state index contributed by atoms with van der Waals surface area (Å²) in [5.74, 6) is -3.12. The third-order valence-corrected chi connectivity index (χ3v) is 6.30. The van der Waals surface area contributed by atoms with Gasteiger partial charge in [0.05, 0.1) is 17.4 Å². The highest BCUT2D eigenvalue weighted by Gasteiger charge is 2.58. The van der Waals surface area contributed by atoms with Gasteiger partial charge in [0.15, 0.2) is 0 Å². The van der Waals surface area contributed by atoms with Crippen molar-refractivity contribution in [1.82, 2.24) is 4.90 Å². The average Bonchev–Trinajstić information content (AvgIpc) is 3.01. The average molecular weight is 448 g/mol. The Labute approximate surface area is 183 Å². The minimum Gasteiger partial charge on any atom is -0.427 e. The number of amides is 2. The number of carbonyl (C=O) groups excluding carboxylic acids is 4. The van der Waals surface area contributed by atoms with Crippen molar-refractivity contribution in [3.63, 3.8) is 0 Å². The van der Waals surface area contributed by atoms with E-state index >= 15 is 0 Å². The molecule has 1 saturated heterocycles. The smallest absolute Gasteiger partial charge is 0.359 e. The van der Waals surface area contributed by atoms with Gasteiger partial charge in [0.1, 0.15) is 11.1 Å². The first-order valence-corrected chi connectivity index (χ1v) is 10.5. The molecule has 3 rings (SSSR count). The maximum Gasteiger partial charge on any atom is 0.359 e. The van der Waals surface area contributed by atoms with Crippen LogP contribution in [0.1, 0.15) is 43.6 Å². The van der Waals surface area contributed by atoms with Crippen molar-refractivity contribution in [3.05, 3.63) is 41.1 Å². The largest absolute Gasteiger partial charge is 0.427 e. The molecule has 2 aliphatic rings. The van der Waals surface area contributed by atoms with Crippen LogP contribution in [0.25, 0.3) is 4.91 Å². The normalized spacial score (nSPS) is 21.3. The van der Waals surface area contributed by atoms with Gasteiger partial charge in [-0.05, 0) is 45.4 Å². The number of benzene rings is 1. The number of nitrogens with zero attached hydrogens (tertiary/aromatic N) is 1. The van der Waals surface area contributed by atoms with Gasteiger partial charge in [0.25, 0.3) is 0 Å². The van der Waals surface area contributed by atoms with Crippen LogP contribution in [0, 0.1) is 11.3 Å². The van der Waals surface area contributed by atoms with Gasteiger partial charge < -0.3 is 20.3 Å². The number of nitrogens with two attached hydrogens (primary N) is 1. The Kier molecular flexibility index (Phi) is 6.15. The number of aliphatic hydroxyl groups is 1. The fraction of sp³-hybridized carbons (Fsp3) is 0.429. The van der Waals surface area contributed by atoms with Crippen LogP contribution >= 0.6 is 11.8 Å². The van der Waals surface area contributed by atoms with Crippen LogP contribution in [-0.2, 0) is 23.9 Å². The second-order valence-electron chi connectivity index (χ2n) is 8.34. The fourth-order valence-electron chi connectivity index (χ4n) is 3.21. The molecule has 10 heteroatoms. The minimum absolute atomic E-state index is 0.0228. The van der Waals surface area contributed by atoms with Gasteiger partial charge in [-0.15, -0.1) is 0 Å². The molecule has 31 heavy (non-hydrogen) atoms. The summed E-state index contributed by atoms with van der Waals surface area (Å²) in [6, 6.07) is 6.34. The van der Waals surface area contributed by atoms with Gasteiger partial charge in [-0.25, -0.2) is 4.79 Å². The summed E-state index contributed by atoms with van der Waals surface area (Å²) in [6.45, 7) is 5.89. The Morgan fingerprint density at radius 2 is 1.94 bits per heavy atom. The van der Waals surface area contributed by atoms with Gasteiger partial charge in [0.2, 0.25) is 18.6 Å². The first-order valence-electron chi connectivity index (χ1n) is 9.60. The molecule has 1 aromatic carbocycles. The van der Waals surface area contributed by atoms with Gasteiger partial charge in [-0.1, -0.05) is 23.9 Å². The highest BCUT2D eigenvalue weighted by molar-refractivity contribution is 8.09. The van der Waals surface area contributed by atoms with E-state index in [4.69, 9.17) is 15.2 Å². The quantitative estimate of drug-likeness (QED) is 0.379. The number of β-lactam (4-membered cyclic amide) rings is 1. The molecule has 2 heterocycles. The molecule has 0 spiro atoms. The second-order valence-corrected chi connectivity index (χ2v) is 9.46. The standard InChI is InChI=1S/C21H24N2O7S/c1-10(24)13-17(26)23-14(19(27)29-9-30-20(28)21(2,3)4)15(31-18(13)23)11-6-5-7-12(8-11)16(22)25/h5-8,10,13,18,24H,9H2,1-4H3,(H2,22,25)/t10?,13-,18+/m0/s1. The van der Waals surface area contributed by atoms with Crippen LogP contribution in [0.3, 0.4) is 0 Å². The molecule has 1 aromatic rings. The number of aliphatic hydroxyl groups excluding tert-OH is 1. The molecule has 3 atom stereocenters. The lowest BCUT2D eigenvalue weighted by atomic mass is 9.92. The van der Waals surface area contributed by atoms with E-state index in [1.165, 1.54) is 35.7 Å². The van der Waals surface area contributed by atoms with Crippen molar-refractivity contribution in [3.8, 4) is 0 Å². The topological polar surface area (TPSA) is 136 Å². The van der Waals surface area contributed by atoms with Crippen LogP contribution in [0.5, 0.6) is 0 Å². The van der Waals surface area contributed by atoms with Crippen LogP contribution in [0.15, 0.2) is 30.0 Å². The van der Waals surface area contributed by atoms with Crippen LogP contribution in [0.2, 0.25) is 0 Å². The zero-order chi connectivity index (χ0) is 23.1. The Bertz CT molecular complexity index is 980. The summed E-state index contributed by atoms with van der Waals surface area (Å²) < 4.78 is 10.1. The summed E-state index contributed by atoms with van der Waals surface area (Å²) in [6.07, 6.45) is -0.900. The number of hydrogen-bond donors (Lipinski definition) is 2. The summed E-state index contributed by atoms with van der Waals surface area (Å²) in [7, 11) is 0. The summed E-state index contributed by atoms with van der Waals surface area (Å²) in [4.78, 5) is 50.6. The van der Waals surface area contributed by atoms with Crippen molar-refractivity contribution in [2.45, 2.75) is 39.2 Å². The van der Waals surface area contributed by atoms with Crippen LogP contribution < -0.4 is 5.73 Å². The monoisotopic (exact) mass is 448 g/mol. The Hall–Kier alpha value is -2.85. The van der Waals surface area contributed by atoms with Crippen molar-refractivity contribution in [2.24, 2.45) is 17.1 Å². The van der Waals surface area contributed by atoms with E-state index in [1.54, 1.807) is 32.9 Å². The lowest BCUT2D eigenvalue weighted by Gasteiger charge is -2.43. The number of primary amides is 1. The fourth-order valence-corrected chi connectivity index (χ4v) is 4.81. The number of hydrogen-bond acceptors (Lipinski definition) is 8. The number of esters is 2. The van der Waals surface area contributed by atoms with Crippen molar-refractivity contribution >= 4 is 40.4 Å². The van der Waals surface area contributed by atoms with Crippen molar-refractivity contribution < 1.29 is 33.8 Å². The van der Waals surface area contributed by atoms with Gasteiger partial charge in [-0.3, -0.25) is 19.3 Å². The van der Waals surface area contributed by atoms with Gasteiger partial charge >= 0.3 is 11.9 Å². The number of thioether (sulfide) groups is 1. The number of carbonyl (C=O) groups is 4. The molecule has 3 N–H and O–H groups in total. The zero-order valence-electron chi connectivity index (χ0n) is 17.6. The van der Waals surface area contributed by atoms with E-state index < -0.39 is 53.4 Å². The van der Waals surface area contributed by atoms with Crippen LogP contribution in [0.4, 0.5) is 0 Å². The van der Waals surface area contributed by atoms with E-state index in [1.807, 2.05) is 0 Å². The van der Waals surface area contributed by atoms with Crippen molar-refractivity contribution in [2.75, 3.05) is 6.79 Å². The Morgan fingerprint density at radius 1 is 1.26 bits per heavy atom. The summed E-state index contributed by atoms with van der Waals surface area (Å²) in [5.41, 5.74) is 5.31. The molecular formula is C21H24N2O7S. The van der Waals surface area contributed by atoms with Gasteiger partial charge in [0, 0.05) is 10.5 Å². The molecule has 0 radical (unpaired) electrons. The maximum absolute atomic E-state index is 12.9. The Morgan fingerprint density at radius 3 is 2.52 bits per heavy atom. The number of fused-ring (bicyclic) bond motifs is 1. The molecule has 0 aliphatic carbocycles. The summed E-state index contributed by atoms with van der Waals surface area (Å²) >= 11 is 1.22. The number of rotatable bonds is 6. The maximum atomic E-state index is 12.9. The van der Waals surface area contributed by atoms with Crippen molar-refractivity contribution in [1.29, 1.82) is 0 Å². The Balaban J connectivity index is 1.90. The lowest BCUT2D eigenvalue weighted by Crippen LogP contribution is -2.60. The SMILES string of the molecule is CC(O)[C@H]1C(=O)N2C(C(=O)OCOC(=O)C(C)(C)C)=C(c3cccc(C(N)=O)c3)S[C@H]12. The minimum atomic E-state index is -0.900. The third kappa shape index (κ3) is 4.31. The highest BCUT2D eigenvalue weighted by atomic mass is 32.2. The molecule has 1 unspecified atom stereocenters. The molecule has 2 amide bonds. The van der Waals surface area contributed by atoms with Crippen LogP contribution in [-0.4, -0.2) is 52.0 Å². The van der Waals surface area contributed by atoms with E-state index in [0.717, 1.165) is 0 Å². The second kappa shape index (κ2) is 8.35. The molecule has 0 saturated carbocycles. The third-order valence-electron chi connectivity index (χ3n) is 4.89. The highest BCUT2D eigenvalue weighted by Crippen LogP contribution is 2.54. The first kappa shape index (κ1) is 22.8. The number of ether oxygens (including phenoxy) is 2. The molecule has 1 fully saturated rings. The lowest BCUT2D eigenvalue weighted by molar-refractivity contribution is -0.174. The van der Waals surface area contributed by atoms with E-state index in [2.05, 4.69) is 0 Å². The molecule has 0 aromatic heterocycles. The van der Waals surface area contributed by atoms with E-state index in [9.17, 15) is 24.3 Å². The summed E-state index contributed by atoms with van der Waals surface area (Å²) in [5, 5.41) is 9.47. The van der Waals surface area contributed by atoms with E-state index in [-0.39, 0.29) is 11.3 Å². The molecule has 166 valence electrons. The predicted molar refractivity (Wildman–Crippen MR) is 112 cm³/mol. The van der Waals surface area contributed by atoms with Gasteiger partial charge in [-0.2, -0.15) is 0 Å². The van der Waals surface area contributed by atoms with E-state index in [0.29, 0.717) is 10.5 Å². The molecule has 0 bridgehead atoms. The predicted octanol–water partition coefficient (Wildman–Crippen LogP) is 1.46. The molecule has 2 aliphatic heterocycles. The molecular weight excluding hydrogens is 424 g/mol. The molecule has 9 nitrogen and oxygen atoms in total. The first-order chi connectivity index (χ1) is 14.4.